The van der Waals surface area contributed by atoms with Crippen molar-refractivity contribution in [2.24, 2.45) is 0 Å². The maximum absolute atomic E-state index is 11.9. The highest BCUT2D eigenvalue weighted by Crippen LogP contribution is 2.17. The molecule has 0 saturated carbocycles. The summed E-state index contributed by atoms with van der Waals surface area (Å²) in [6.07, 6.45) is -0.489. The van der Waals surface area contributed by atoms with Crippen LogP contribution >= 0.6 is 11.6 Å². The van der Waals surface area contributed by atoms with Crippen LogP contribution in [-0.2, 0) is 4.74 Å². The molecule has 0 spiro atoms. The van der Waals surface area contributed by atoms with E-state index < -0.39 is 0 Å². The first-order valence-corrected chi connectivity index (χ1v) is 6.19. The van der Waals surface area contributed by atoms with Gasteiger partial charge < -0.3 is 4.74 Å². The number of hydrogen-bond acceptors (Lipinski definition) is 2. The molecule has 0 bridgehead atoms. The number of rotatable bonds is 4. The number of hydrogen-bond donors (Lipinski definition) is 0. The highest BCUT2D eigenvalue weighted by atomic mass is 35.5. The summed E-state index contributed by atoms with van der Waals surface area (Å²) >= 11 is 5.72. The van der Waals surface area contributed by atoms with Crippen molar-refractivity contribution < 1.29 is 9.53 Å². The number of carbonyl (C=O) groups is 1. The molecule has 0 aliphatic rings. The van der Waals surface area contributed by atoms with Crippen molar-refractivity contribution in [2.45, 2.75) is 26.9 Å². The molecule has 17 heavy (non-hydrogen) atoms. The summed E-state index contributed by atoms with van der Waals surface area (Å²) in [6.45, 7) is 6.08. The van der Waals surface area contributed by atoms with E-state index >= 15 is 0 Å². The first-order valence-electron chi connectivity index (χ1n) is 5.65. The number of aryl methyl sites for hydroxylation is 1. The summed E-state index contributed by atoms with van der Waals surface area (Å²) < 4.78 is 5.19. The second-order valence-electron chi connectivity index (χ2n) is 4.11. The van der Waals surface area contributed by atoms with Gasteiger partial charge in [-0.2, -0.15) is 0 Å². The fourth-order valence-corrected chi connectivity index (χ4v) is 1.64. The Morgan fingerprint density at radius 2 is 2.18 bits per heavy atom. The van der Waals surface area contributed by atoms with Gasteiger partial charge in [-0.25, -0.2) is 4.79 Å². The van der Waals surface area contributed by atoms with E-state index in [0.717, 1.165) is 11.3 Å². The van der Waals surface area contributed by atoms with Crippen LogP contribution in [0.25, 0.3) is 0 Å². The number of benzene rings is 1. The molecular formula is C13H18ClNO2. The zero-order chi connectivity index (χ0) is 12.8. The highest BCUT2D eigenvalue weighted by molar-refractivity contribution is 6.18. The van der Waals surface area contributed by atoms with Crippen LogP contribution in [0.3, 0.4) is 0 Å². The summed E-state index contributed by atoms with van der Waals surface area (Å²) in [6, 6.07) is 7.71. The summed E-state index contributed by atoms with van der Waals surface area (Å²) in [5, 5.41) is 0. The molecule has 0 heterocycles. The Morgan fingerprint density at radius 1 is 1.47 bits per heavy atom. The number of anilines is 1. The average Bonchev–Trinajstić information content (AvgIpc) is 2.24. The molecule has 0 aromatic heterocycles. The lowest BCUT2D eigenvalue weighted by molar-refractivity contribution is 0.123. The normalized spacial score (nSPS) is 10.4. The summed E-state index contributed by atoms with van der Waals surface area (Å²) in [5.41, 5.74) is 1.91. The molecule has 0 saturated heterocycles. The Hall–Kier alpha value is -1.22. The molecule has 1 aromatic rings. The van der Waals surface area contributed by atoms with Gasteiger partial charge in [0.05, 0.1) is 6.10 Å². The average molecular weight is 256 g/mol. The van der Waals surface area contributed by atoms with Crippen LogP contribution in [-0.4, -0.2) is 24.6 Å². The number of nitrogens with zero attached hydrogens (tertiary/aromatic N) is 1. The molecular weight excluding hydrogens is 238 g/mol. The first kappa shape index (κ1) is 13.8. The van der Waals surface area contributed by atoms with E-state index in [1.807, 2.05) is 45.0 Å². The van der Waals surface area contributed by atoms with E-state index in [2.05, 4.69) is 0 Å². The van der Waals surface area contributed by atoms with Crippen molar-refractivity contribution in [1.82, 2.24) is 0 Å². The van der Waals surface area contributed by atoms with Crippen LogP contribution < -0.4 is 4.90 Å². The molecule has 1 aromatic carbocycles. The monoisotopic (exact) mass is 255 g/mol. The summed E-state index contributed by atoms with van der Waals surface area (Å²) in [7, 11) is 0. The van der Waals surface area contributed by atoms with Crippen LogP contribution in [0.1, 0.15) is 19.4 Å². The zero-order valence-corrected chi connectivity index (χ0v) is 11.2. The second kappa shape index (κ2) is 6.50. The van der Waals surface area contributed by atoms with Gasteiger partial charge in [-0.05, 0) is 38.5 Å². The van der Waals surface area contributed by atoms with Gasteiger partial charge in [0.2, 0.25) is 0 Å². The van der Waals surface area contributed by atoms with E-state index in [9.17, 15) is 4.79 Å². The van der Waals surface area contributed by atoms with Gasteiger partial charge in [0.15, 0.2) is 0 Å². The van der Waals surface area contributed by atoms with Crippen molar-refractivity contribution in [3.63, 3.8) is 0 Å². The predicted octanol–water partition coefficient (Wildman–Crippen LogP) is 3.59. The molecule has 0 atom stereocenters. The third kappa shape index (κ3) is 4.27. The van der Waals surface area contributed by atoms with Gasteiger partial charge in [0.25, 0.3) is 0 Å². The van der Waals surface area contributed by atoms with Crippen molar-refractivity contribution in [3.05, 3.63) is 29.8 Å². The highest BCUT2D eigenvalue weighted by Gasteiger charge is 2.17. The smallest absolute Gasteiger partial charge is 0.414 e. The van der Waals surface area contributed by atoms with E-state index in [-0.39, 0.29) is 12.2 Å². The molecule has 94 valence electrons. The molecule has 0 N–H and O–H groups in total. The maximum atomic E-state index is 11.9. The Balaban J connectivity index is 2.88. The molecule has 0 unspecified atom stereocenters. The largest absolute Gasteiger partial charge is 0.446 e. The Morgan fingerprint density at radius 3 is 2.71 bits per heavy atom. The van der Waals surface area contributed by atoms with Gasteiger partial charge in [0, 0.05) is 18.1 Å². The molecule has 0 aliphatic heterocycles. The zero-order valence-electron chi connectivity index (χ0n) is 10.4. The minimum Gasteiger partial charge on any atom is -0.446 e. The second-order valence-corrected chi connectivity index (χ2v) is 4.49. The summed E-state index contributed by atoms with van der Waals surface area (Å²) in [4.78, 5) is 13.5. The molecule has 1 amide bonds. The number of halogens is 1. The lowest BCUT2D eigenvalue weighted by atomic mass is 10.2. The topological polar surface area (TPSA) is 29.5 Å². The van der Waals surface area contributed by atoms with Gasteiger partial charge in [-0.1, -0.05) is 12.1 Å². The van der Waals surface area contributed by atoms with E-state index in [1.165, 1.54) is 0 Å². The molecule has 0 aliphatic carbocycles. The van der Waals surface area contributed by atoms with Crippen LogP contribution in [0.15, 0.2) is 24.3 Å². The number of alkyl halides is 1. The van der Waals surface area contributed by atoms with Crippen LogP contribution in [0.5, 0.6) is 0 Å². The Labute approximate surface area is 107 Å². The molecule has 1 rings (SSSR count). The number of amides is 1. The van der Waals surface area contributed by atoms with E-state index in [1.54, 1.807) is 4.90 Å². The number of ether oxygens (including phenoxy) is 1. The minimum absolute atomic E-state index is 0.134. The standard InChI is InChI=1S/C13H18ClNO2/c1-10(2)17-13(16)15(8-7-14)12-6-4-5-11(3)9-12/h4-6,9-10H,7-8H2,1-3H3. The van der Waals surface area contributed by atoms with Crippen molar-refractivity contribution in [3.8, 4) is 0 Å². The quantitative estimate of drug-likeness (QED) is 0.770. The Kier molecular flexibility index (Phi) is 5.29. The molecule has 0 fully saturated rings. The van der Waals surface area contributed by atoms with Crippen LogP contribution in [0.4, 0.5) is 10.5 Å². The first-order chi connectivity index (χ1) is 8.04. The third-order valence-electron chi connectivity index (χ3n) is 2.18. The molecule has 0 radical (unpaired) electrons. The van der Waals surface area contributed by atoms with E-state index in [4.69, 9.17) is 16.3 Å². The molecule has 3 nitrogen and oxygen atoms in total. The van der Waals surface area contributed by atoms with Gasteiger partial charge in [-0.3, -0.25) is 4.90 Å². The fraction of sp³-hybridized carbons (Fsp3) is 0.462. The lowest BCUT2D eigenvalue weighted by Crippen LogP contribution is -2.34. The van der Waals surface area contributed by atoms with Crippen molar-refractivity contribution >= 4 is 23.4 Å². The number of carbonyl (C=O) groups excluding carboxylic acids is 1. The van der Waals surface area contributed by atoms with Crippen LogP contribution in [0, 0.1) is 6.92 Å². The predicted molar refractivity (Wildman–Crippen MR) is 70.9 cm³/mol. The minimum atomic E-state index is -0.355. The summed E-state index contributed by atoms with van der Waals surface area (Å²) in [5.74, 6) is 0.376. The SMILES string of the molecule is Cc1cccc(N(CCCl)C(=O)OC(C)C)c1. The van der Waals surface area contributed by atoms with Crippen LogP contribution in [0.2, 0.25) is 0 Å². The van der Waals surface area contributed by atoms with E-state index in [0.29, 0.717) is 12.4 Å². The fourth-order valence-electron chi connectivity index (χ4n) is 1.47. The lowest BCUT2D eigenvalue weighted by Gasteiger charge is -2.22. The van der Waals surface area contributed by atoms with Gasteiger partial charge in [-0.15, -0.1) is 11.6 Å². The van der Waals surface area contributed by atoms with Crippen molar-refractivity contribution in [1.29, 1.82) is 0 Å². The van der Waals surface area contributed by atoms with Gasteiger partial charge in [0.1, 0.15) is 0 Å². The Bertz CT molecular complexity index is 379. The van der Waals surface area contributed by atoms with Crippen molar-refractivity contribution in [2.75, 3.05) is 17.3 Å². The maximum Gasteiger partial charge on any atom is 0.414 e. The molecule has 4 heteroatoms. The van der Waals surface area contributed by atoms with Gasteiger partial charge >= 0.3 is 6.09 Å². The third-order valence-corrected chi connectivity index (χ3v) is 2.35.